The first-order chi connectivity index (χ1) is 4.86. The Kier molecular flexibility index (Phi) is 3.50. The number of halogens is 1. The Hall–Kier alpha value is 0.250. The Morgan fingerprint density at radius 2 is 2.00 bits per heavy atom. The molecule has 2 atom stereocenters. The first-order valence-corrected chi connectivity index (χ1v) is 4.66. The number of hydrogen-bond donors (Lipinski definition) is 1. The molecule has 2 N–H and O–H groups in total. The molecular formula is C8H16ClN. The Morgan fingerprint density at radius 3 is 2.60 bits per heavy atom. The maximum absolute atomic E-state index is 5.76. The van der Waals surface area contributed by atoms with Crippen molar-refractivity contribution in [1.29, 1.82) is 0 Å². The van der Waals surface area contributed by atoms with E-state index < -0.39 is 0 Å². The molecule has 0 aliphatic heterocycles. The standard InChI is InChI=1S/C8H16ClN/c9-5-7-2-1-3-8(4-7)6-10/h7-8H,1-6,10H2. The van der Waals surface area contributed by atoms with Crippen LogP contribution in [0.3, 0.4) is 0 Å². The van der Waals surface area contributed by atoms with Crippen molar-refractivity contribution < 1.29 is 0 Å². The number of hydrogen-bond acceptors (Lipinski definition) is 1. The van der Waals surface area contributed by atoms with Crippen LogP contribution in [0.25, 0.3) is 0 Å². The van der Waals surface area contributed by atoms with E-state index >= 15 is 0 Å². The SMILES string of the molecule is NCC1CCCC(CCl)C1. The quantitative estimate of drug-likeness (QED) is 0.616. The molecular weight excluding hydrogens is 146 g/mol. The monoisotopic (exact) mass is 161 g/mol. The minimum atomic E-state index is 0.754. The molecule has 1 fully saturated rings. The molecule has 0 aromatic carbocycles. The van der Waals surface area contributed by atoms with Crippen LogP contribution in [-0.2, 0) is 0 Å². The topological polar surface area (TPSA) is 26.0 Å². The van der Waals surface area contributed by atoms with Crippen molar-refractivity contribution >= 4 is 11.6 Å². The summed E-state index contributed by atoms with van der Waals surface area (Å²) in [5.41, 5.74) is 5.58. The van der Waals surface area contributed by atoms with Gasteiger partial charge in [-0.25, -0.2) is 0 Å². The summed E-state index contributed by atoms with van der Waals surface area (Å²) in [4.78, 5) is 0. The summed E-state index contributed by atoms with van der Waals surface area (Å²) in [5, 5.41) is 0. The lowest BCUT2D eigenvalue weighted by Gasteiger charge is -2.26. The van der Waals surface area contributed by atoms with Crippen LogP contribution in [0.4, 0.5) is 0 Å². The van der Waals surface area contributed by atoms with Gasteiger partial charge in [0.15, 0.2) is 0 Å². The van der Waals surface area contributed by atoms with Crippen LogP contribution < -0.4 is 5.73 Å². The number of nitrogens with two attached hydrogens (primary N) is 1. The number of rotatable bonds is 2. The Labute approximate surface area is 67.9 Å². The van der Waals surface area contributed by atoms with E-state index in [0.717, 1.165) is 24.3 Å². The van der Waals surface area contributed by atoms with Crippen LogP contribution >= 0.6 is 11.6 Å². The molecule has 60 valence electrons. The molecule has 2 unspecified atom stereocenters. The van der Waals surface area contributed by atoms with Crippen molar-refractivity contribution in [2.75, 3.05) is 12.4 Å². The van der Waals surface area contributed by atoms with Crippen molar-refractivity contribution in [3.05, 3.63) is 0 Å². The van der Waals surface area contributed by atoms with Gasteiger partial charge in [0.1, 0.15) is 0 Å². The highest BCUT2D eigenvalue weighted by Crippen LogP contribution is 2.28. The van der Waals surface area contributed by atoms with Crippen LogP contribution in [-0.4, -0.2) is 12.4 Å². The summed E-state index contributed by atoms with van der Waals surface area (Å²) in [6, 6.07) is 0. The predicted molar refractivity (Wildman–Crippen MR) is 45.2 cm³/mol. The average Bonchev–Trinajstić information content (AvgIpc) is 2.05. The zero-order valence-electron chi connectivity index (χ0n) is 6.35. The highest BCUT2D eigenvalue weighted by Gasteiger charge is 2.19. The van der Waals surface area contributed by atoms with E-state index in [0.29, 0.717) is 0 Å². The molecule has 0 bridgehead atoms. The normalized spacial score (nSPS) is 34.2. The summed E-state index contributed by atoms with van der Waals surface area (Å²) in [6.07, 6.45) is 5.24. The van der Waals surface area contributed by atoms with E-state index in [-0.39, 0.29) is 0 Å². The molecule has 1 saturated carbocycles. The van der Waals surface area contributed by atoms with E-state index in [1.54, 1.807) is 0 Å². The molecule has 1 nitrogen and oxygen atoms in total. The molecule has 10 heavy (non-hydrogen) atoms. The molecule has 0 saturated heterocycles. The van der Waals surface area contributed by atoms with Gasteiger partial charge >= 0.3 is 0 Å². The summed E-state index contributed by atoms with van der Waals surface area (Å²) in [7, 11) is 0. The lowest BCUT2D eigenvalue weighted by atomic mass is 9.82. The summed E-state index contributed by atoms with van der Waals surface area (Å²) >= 11 is 5.76. The fraction of sp³-hybridized carbons (Fsp3) is 1.00. The van der Waals surface area contributed by atoms with Gasteiger partial charge in [-0.2, -0.15) is 0 Å². The van der Waals surface area contributed by atoms with Crippen LogP contribution in [0.1, 0.15) is 25.7 Å². The third-order valence-corrected chi connectivity index (χ3v) is 2.88. The Bertz CT molecular complexity index is 85.3. The van der Waals surface area contributed by atoms with E-state index in [2.05, 4.69) is 0 Å². The summed E-state index contributed by atoms with van der Waals surface area (Å²) in [5.74, 6) is 2.35. The lowest BCUT2D eigenvalue weighted by Crippen LogP contribution is -2.23. The summed E-state index contributed by atoms with van der Waals surface area (Å²) in [6.45, 7) is 0.855. The van der Waals surface area contributed by atoms with E-state index in [1.165, 1.54) is 25.7 Å². The largest absolute Gasteiger partial charge is 0.330 e. The van der Waals surface area contributed by atoms with Gasteiger partial charge in [0.25, 0.3) is 0 Å². The maximum Gasteiger partial charge on any atom is 0.0251 e. The third-order valence-electron chi connectivity index (χ3n) is 2.44. The van der Waals surface area contributed by atoms with Gasteiger partial charge in [0.2, 0.25) is 0 Å². The molecule has 1 rings (SSSR count). The van der Waals surface area contributed by atoms with Gasteiger partial charge in [-0.3, -0.25) is 0 Å². The molecule has 0 radical (unpaired) electrons. The zero-order valence-corrected chi connectivity index (χ0v) is 7.11. The Balaban J connectivity index is 2.25. The van der Waals surface area contributed by atoms with Gasteiger partial charge in [0, 0.05) is 5.88 Å². The first-order valence-electron chi connectivity index (χ1n) is 4.12. The second kappa shape index (κ2) is 4.20. The minimum absolute atomic E-state index is 0.754. The zero-order chi connectivity index (χ0) is 7.40. The van der Waals surface area contributed by atoms with Gasteiger partial charge in [-0.05, 0) is 37.6 Å². The molecule has 1 aliphatic carbocycles. The van der Waals surface area contributed by atoms with E-state index in [1.807, 2.05) is 0 Å². The molecule has 0 spiro atoms. The third kappa shape index (κ3) is 2.14. The first kappa shape index (κ1) is 8.35. The van der Waals surface area contributed by atoms with E-state index in [4.69, 9.17) is 17.3 Å². The lowest BCUT2D eigenvalue weighted by molar-refractivity contribution is 0.291. The van der Waals surface area contributed by atoms with Crippen LogP contribution in [0, 0.1) is 11.8 Å². The smallest absolute Gasteiger partial charge is 0.0251 e. The highest BCUT2D eigenvalue weighted by atomic mass is 35.5. The second-order valence-electron chi connectivity index (χ2n) is 3.29. The fourth-order valence-electron chi connectivity index (χ4n) is 1.76. The summed E-state index contributed by atoms with van der Waals surface area (Å²) < 4.78 is 0. The molecule has 2 heteroatoms. The van der Waals surface area contributed by atoms with Crippen molar-refractivity contribution in [3.63, 3.8) is 0 Å². The van der Waals surface area contributed by atoms with Gasteiger partial charge in [-0.1, -0.05) is 6.42 Å². The minimum Gasteiger partial charge on any atom is -0.330 e. The van der Waals surface area contributed by atoms with Crippen molar-refractivity contribution in [2.45, 2.75) is 25.7 Å². The fourth-order valence-corrected chi connectivity index (χ4v) is 2.04. The van der Waals surface area contributed by atoms with Crippen molar-refractivity contribution in [2.24, 2.45) is 17.6 Å². The number of alkyl halides is 1. The average molecular weight is 162 g/mol. The molecule has 0 heterocycles. The molecule has 0 aromatic heterocycles. The van der Waals surface area contributed by atoms with Crippen molar-refractivity contribution in [1.82, 2.24) is 0 Å². The molecule has 1 aliphatic rings. The highest BCUT2D eigenvalue weighted by molar-refractivity contribution is 6.18. The van der Waals surface area contributed by atoms with E-state index in [9.17, 15) is 0 Å². The predicted octanol–water partition coefficient (Wildman–Crippen LogP) is 1.99. The van der Waals surface area contributed by atoms with Gasteiger partial charge in [0.05, 0.1) is 0 Å². The molecule has 0 amide bonds. The van der Waals surface area contributed by atoms with Gasteiger partial charge < -0.3 is 5.73 Å². The maximum atomic E-state index is 5.76. The van der Waals surface area contributed by atoms with Gasteiger partial charge in [-0.15, -0.1) is 11.6 Å². The molecule has 0 aromatic rings. The van der Waals surface area contributed by atoms with Crippen LogP contribution in [0.2, 0.25) is 0 Å². The van der Waals surface area contributed by atoms with Crippen molar-refractivity contribution in [3.8, 4) is 0 Å². The Morgan fingerprint density at radius 1 is 1.30 bits per heavy atom. The van der Waals surface area contributed by atoms with Crippen LogP contribution in [0.15, 0.2) is 0 Å². The van der Waals surface area contributed by atoms with Crippen LogP contribution in [0.5, 0.6) is 0 Å². The second-order valence-corrected chi connectivity index (χ2v) is 3.60.